The molecule has 0 bridgehead atoms. The second-order valence-electron chi connectivity index (χ2n) is 4.55. The molecule has 0 spiro atoms. The number of aliphatic hydroxyl groups excluding tert-OH is 1. The van der Waals surface area contributed by atoms with Gasteiger partial charge in [-0.2, -0.15) is 0 Å². The summed E-state index contributed by atoms with van der Waals surface area (Å²) in [6.45, 7) is 3.89. The number of hydrogen-bond donors (Lipinski definition) is 1. The van der Waals surface area contributed by atoms with Crippen LogP contribution >= 0.6 is 0 Å². The number of carbonyl (C=O) groups excluding carboxylic acids is 1. The first kappa shape index (κ1) is 12.5. The Kier molecular flexibility index (Phi) is 3.58. The van der Waals surface area contributed by atoms with Crippen LogP contribution in [0.5, 0.6) is 0 Å². The average Bonchev–Trinajstić information content (AvgIpc) is 2.37. The summed E-state index contributed by atoms with van der Waals surface area (Å²) < 4.78 is 0. The summed E-state index contributed by atoms with van der Waals surface area (Å²) in [5, 5.41) is 10.1. The number of aliphatic hydroxyl groups is 1. The molecule has 0 radical (unpaired) electrons. The minimum Gasteiger partial charge on any atom is -0.380 e. The fourth-order valence-electron chi connectivity index (χ4n) is 2.06. The van der Waals surface area contributed by atoms with E-state index in [1.54, 1.807) is 12.1 Å². The molecule has 2 aromatic rings. The highest BCUT2D eigenvalue weighted by Gasteiger charge is 2.19. The highest BCUT2D eigenvalue weighted by atomic mass is 16.3. The number of aryl methyl sites for hydroxylation is 2. The van der Waals surface area contributed by atoms with Gasteiger partial charge in [0.2, 0.25) is 0 Å². The fraction of sp³-hybridized carbons (Fsp3) is 0.188. The van der Waals surface area contributed by atoms with Gasteiger partial charge in [0.1, 0.15) is 6.10 Å². The zero-order valence-electron chi connectivity index (χ0n) is 10.6. The maximum absolute atomic E-state index is 12.2. The van der Waals surface area contributed by atoms with Gasteiger partial charge in [0.05, 0.1) is 0 Å². The van der Waals surface area contributed by atoms with E-state index in [0.29, 0.717) is 11.1 Å². The number of ketones is 1. The first-order valence-corrected chi connectivity index (χ1v) is 5.93. The molecule has 0 aliphatic carbocycles. The lowest BCUT2D eigenvalue weighted by Gasteiger charge is -2.11. The van der Waals surface area contributed by atoms with Crippen molar-refractivity contribution in [2.24, 2.45) is 0 Å². The van der Waals surface area contributed by atoms with Gasteiger partial charge < -0.3 is 5.11 Å². The summed E-state index contributed by atoms with van der Waals surface area (Å²) in [4.78, 5) is 12.2. The van der Waals surface area contributed by atoms with Crippen LogP contribution in [0.1, 0.15) is 33.2 Å². The highest BCUT2D eigenvalue weighted by molar-refractivity contribution is 6.00. The van der Waals surface area contributed by atoms with E-state index in [-0.39, 0.29) is 5.78 Å². The summed E-state index contributed by atoms with van der Waals surface area (Å²) in [7, 11) is 0. The van der Waals surface area contributed by atoms with Crippen molar-refractivity contribution in [2.45, 2.75) is 20.0 Å². The molecule has 1 N–H and O–H groups in total. The fourth-order valence-corrected chi connectivity index (χ4v) is 2.06. The lowest BCUT2D eigenvalue weighted by Crippen LogP contribution is -2.12. The standard InChI is InChI=1S/C16H16O2/c1-11-8-12(2)10-14(9-11)16(18)15(17)13-6-4-3-5-7-13/h3-10,15,17H,1-2H3. The topological polar surface area (TPSA) is 37.3 Å². The summed E-state index contributed by atoms with van der Waals surface area (Å²) in [5.41, 5.74) is 3.24. The summed E-state index contributed by atoms with van der Waals surface area (Å²) in [6.07, 6.45) is -1.09. The number of hydrogen-bond acceptors (Lipinski definition) is 2. The van der Waals surface area contributed by atoms with Crippen molar-refractivity contribution in [1.82, 2.24) is 0 Å². The van der Waals surface area contributed by atoms with Gasteiger partial charge in [-0.3, -0.25) is 4.79 Å². The van der Waals surface area contributed by atoms with Crippen molar-refractivity contribution in [1.29, 1.82) is 0 Å². The Bertz CT molecular complexity index is 538. The molecule has 2 aromatic carbocycles. The van der Waals surface area contributed by atoms with Crippen molar-refractivity contribution in [3.8, 4) is 0 Å². The van der Waals surface area contributed by atoms with E-state index in [1.165, 1.54) is 0 Å². The van der Waals surface area contributed by atoms with E-state index < -0.39 is 6.10 Å². The molecule has 0 amide bonds. The van der Waals surface area contributed by atoms with Gasteiger partial charge in [0.25, 0.3) is 0 Å². The Morgan fingerprint density at radius 1 is 1.00 bits per heavy atom. The Hall–Kier alpha value is -1.93. The van der Waals surface area contributed by atoms with E-state index in [4.69, 9.17) is 0 Å². The Morgan fingerprint density at radius 3 is 2.11 bits per heavy atom. The Balaban J connectivity index is 2.31. The molecule has 0 aliphatic rings. The molecule has 2 rings (SSSR count). The second kappa shape index (κ2) is 5.15. The molecule has 0 aromatic heterocycles. The van der Waals surface area contributed by atoms with Gasteiger partial charge in [-0.1, -0.05) is 47.5 Å². The molecule has 0 heterocycles. The first-order chi connectivity index (χ1) is 8.58. The smallest absolute Gasteiger partial charge is 0.195 e. The number of carbonyl (C=O) groups is 1. The van der Waals surface area contributed by atoms with Crippen molar-refractivity contribution >= 4 is 5.78 Å². The molecule has 0 aliphatic heterocycles. The molecule has 0 saturated carbocycles. The van der Waals surface area contributed by atoms with Gasteiger partial charge in [0, 0.05) is 5.56 Å². The van der Waals surface area contributed by atoms with Crippen LogP contribution in [-0.4, -0.2) is 10.9 Å². The third-order valence-electron chi connectivity index (χ3n) is 2.87. The molecule has 0 fully saturated rings. The molecule has 2 heteroatoms. The molecule has 0 saturated heterocycles. The molecular formula is C16H16O2. The third-order valence-corrected chi connectivity index (χ3v) is 2.87. The van der Waals surface area contributed by atoms with Crippen molar-refractivity contribution in [3.63, 3.8) is 0 Å². The number of rotatable bonds is 3. The van der Waals surface area contributed by atoms with Crippen LogP contribution in [0.2, 0.25) is 0 Å². The predicted molar refractivity (Wildman–Crippen MR) is 71.6 cm³/mol. The van der Waals surface area contributed by atoms with Crippen LogP contribution in [0.3, 0.4) is 0 Å². The van der Waals surface area contributed by atoms with E-state index in [9.17, 15) is 9.90 Å². The van der Waals surface area contributed by atoms with Crippen LogP contribution < -0.4 is 0 Å². The largest absolute Gasteiger partial charge is 0.380 e. The Morgan fingerprint density at radius 2 is 1.56 bits per heavy atom. The third kappa shape index (κ3) is 2.66. The summed E-state index contributed by atoms with van der Waals surface area (Å²) in [6, 6.07) is 14.6. The zero-order valence-corrected chi connectivity index (χ0v) is 10.6. The second-order valence-corrected chi connectivity index (χ2v) is 4.55. The van der Waals surface area contributed by atoms with E-state index in [2.05, 4.69) is 0 Å². The number of Topliss-reactive ketones (excluding diaryl/α,β-unsaturated/α-hetero) is 1. The predicted octanol–water partition coefficient (Wildman–Crippen LogP) is 3.22. The average molecular weight is 240 g/mol. The lowest BCUT2D eigenvalue weighted by atomic mass is 9.97. The minimum atomic E-state index is -1.09. The minimum absolute atomic E-state index is 0.256. The van der Waals surface area contributed by atoms with Crippen molar-refractivity contribution < 1.29 is 9.90 Å². The van der Waals surface area contributed by atoms with Crippen LogP contribution in [0.25, 0.3) is 0 Å². The molecule has 1 unspecified atom stereocenters. The van der Waals surface area contributed by atoms with Crippen molar-refractivity contribution in [3.05, 3.63) is 70.8 Å². The zero-order chi connectivity index (χ0) is 13.1. The van der Waals surface area contributed by atoms with E-state index >= 15 is 0 Å². The van der Waals surface area contributed by atoms with E-state index in [1.807, 2.05) is 50.2 Å². The van der Waals surface area contributed by atoms with Gasteiger partial charge in [0.15, 0.2) is 5.78 Å². The highest BCUT2D eigenvalue weighted by Crippen LogP contribution is 2.19. The molecular weight excluding hydrogens is 224 g/mol. The van der Waals surface area contributed by atoms with Crippen molar-refractivity contribution in [2.75, 3.05) is 0 Å². The van der Waals surface area contributed by atoms with Gasteiger partial charge >= 0.3 is 0 Å². The SMILES string of the molecule is Cc1cc(C)cc(C(=O)C(O)c2ccccc2)c1. The molecule has 92 valence electrons. The summed E-state index contributed by atoms with van der Waals surface area (Å²) >= 11 is 0. The van der Waals surface area contributed by atoms with Crippen LogP contribution in [0.15, 0.2) is 48.5 Å². The van der Waals surface area contributed by atoms with Crippen LogP contribution in [0, 0.1) is 13.8 Å². The quantitative estimate of drug-likeness (QED) is 0.836. The van der Waals surface area contributed by atoms with E-state index in [0.717, 1.165) is 11.1 Å². The van der Waals surface area contributed by atoms with Crippen LogP contribution in [-0.2, 0) is 0 Å². The van der Waals surface area contributed by atoms with Gasteiger partial charge in [-0.15, -0.1) is 0 Å². The lowest BCUT2D eigenvalue weighted by molar-refractivity contribution is 0.0747. The normalized spacial score (nSPS) is 12.2. The maximum Gasteiger partial charge on any atom is 0.195 e. The Labute approximate surface area is 107 Å². The van der Waals surface area contributed by atoms with Crippen LogP contribution in [0.4, 0.5) is 0 Å². The maximum atomic E-state index is 12.2. The first-order valence-electron chi connectivity index (χ1n) is 5.93. The molecule has 2 nitrogen and oxygen atoms in total. The molecule has 1 atom stereocenters. The molecule has 18 heavy (non-hydrogen) atoms. The summed E-state index contributed by atoms with van der Waals surface area (Å²) in [5.74, 6) is -0.256. The monoisotopic (exact) mass is 240 g/mol. The van der Waals surface area contributed by atoms with Gasteiger partial charge in [-0.05, 0) is 31.5 Å². The van der Waals surface area contributed by atoms with Gasteiger partial charge in [-0.25, -0.2) is 0 Å². The number of benzene rings is 2.